The first-order chi connectivity index (χ1) is 9.94. The molecule has 21 heavy (non-hydrogen) atoms. The van der Waals surface area contributed by atoms with Crippen molar-refractivity contribution in [2.45, 2.75) is 32.6 Å². The fourth-order valence-electron chi connectivity index (χ4n) is 3.44. The van der Waals surface area contributed by atoms with Crippen molar-refractivity contribution in [3.8, 4) is 0 Å². The number of carbonyl (C=O) groups is 2. The number of rotatable bonds is 3. The monoisotopic (exact) mass is 287 g/mol. The number of aliphatic hydroxyl groups is 1. The summed E-state index contributed by atoms with van der Waals surface area (Å²) >= 11 is 0. The smallest absolute Gasteiger partial charge is 0.237 e. The zero-order valence-corrected chi connectivity index (χ0v) is 12.5. The Morgan fingerprint density at radius 3 is 2.67 bits per heavy atom. The van der Waals surface area contributed by atoms with Crippen LogP contribution in [0.3, 0.4) is 0 Å². The molecule has 3 rings (SSSR count). The molecule has 1 N–H and O–H groups in total. The van der Waals surface area contributed by atoms with E-state index < -0.39 is 5.41 Å². The van der Waals surface area contributed by atoms with Gasteiger partial charge in [0.1, 0.15) is 0 Å². The molecule has 112 valence electrons. The molecule has 1 heterocycles. The van der Waals surface area contributed by atoms with E-state index >= 15 is 0 Å². The average Bonchev–Trinajstić information content (AvgIpc) is 2.72. The van der Waals surface area contributed by atoms with E-state index in [1.165, 1.54) is 10.5 Å². The molecule has 2 aliphatic rings. The number of aryl methyl sites for hydroxylation is 1. The van der Waals surface area contributed by atoms with Crippen molar-refractivity contribution in [1.29, 1.82) is 0 Å². The molecule has 1 aliphatic heterocycles. The van der Waals surface area contributed by atoms with Gasteiger partial charge in [-0.1, -0.05) is 38.1 Å². The maximum Gasteiger partial charge on any atom is 0.237 e. The van der Waals surface area contributed by atoms with Crippen LogP contribution in [0.15, 0.2) is 24.3 Å². The fourth-order valence-corrected chi connectivity index (χ4v) is 3.44. The first-order valence-corrected chi connectivity index (χ1v) is 7.48. The summed E-state index contributed by atoms with van der Waals surface area (Å²) < 4.78 is 0. The van der Waals surface area contributed by atoms with Gasteiger partial charge >= 0.3 is 0 Å². The Morgan fingerprint density at radius 2 is 1.95 bits per heavy atom. The number of aliphatic hydroxyl groups excluding tert-OH is 1. The van der Waals surface area contributed by atoms with Gasteiger partial charge in [0.25, 0.3) is 0 Å². The molecule has 0 aromatic heterocycles. The average molecular weight is 287 g/mol. The molecular weight excluding hydrogens is 266 g/mol. The molecule has 4 heteroatoms. The van der Waals surface area contributed by atoms with Crippen molar-refractivity contribution < 1.29 is 14.7 Å². The maximum atomic E-state index is 12.7. The van der Waals surface area contributed by atoms with E-state index in [0.717, 1.165) is 18.4 Å². The van der Waals surface area contributed by atoms with Crippen LogP contribution in [0.2, 0.25) is 0 Å². The molecule has 2 amide bonds. The summed E-state index contributed by atoms with van der Waals surface area (Å²) in [7, 11) is 0. The number of imide groups is 1. The molecule has 0 spiro atoms. The summed E-state index contributed by atoms with van der Waals surface area (Å²) in [6.45, 7) is 3.97. The number of amides is 2. The Kier molecular flexibility index (Phi) is 3.36. The molecule has 1 saturated heterocycles. The van der Waals surface area contributed by atoms with Crippen LogP contribution in [-0.2, 0) is 16.0 Å². The first-order valence-electron chi connectivity index (χ1n) is 7.48. The normalized spacial score (nSPS) is 25.0. The third-order valence-corrected chi connectivity index (χ3v) is 4.65. The van der Waals surface area contributed by atoms with E-state index in [1.54, 1.807) is 0 Å². The second kappa shape index (κ2) is 4.95. The van der Waals surface area contributed by atoms with E-state index in [0.29, 0.717) is 0 Å². The van der Waals surface area contributed by atoms with Gasteiger partial charge in [-0.25, -0.2) is 0 Å². The molecule has 0 bridgehead atoms. The number of hydrogen-bond donors (Lipinski definition) is 1. The summed E-state index contributed by atoms with van der Waals surface area (Å²) in [6.07, 6.45) is 1.59. The fraction of sp³-hybridized carbons (Fsp3) is 0.529. The SMILES string of the molecule is CC(C)(CO)CN1C(=O)C2CCc3ccccc3C2C1=O. The molecule has 2 atom stereocenters. The molecule has 4 nitrogen and oxygen atoms in total. The van der Waals surface area contributed by atoms with Gasteiger partial charge in [-0.15, -0.1) is 0 Å². The highest BCUT2D eigenvalue weighted by Gasteiger charge is 2.50. The number of fused-ring (bicyclic) bond motifs is 3. The van der Waals surface area contributed by atoms with Gasteiger partial charge in [0.2, 0.25) is 11.8 Å². The second-order valence-corrected chi connectivity index (χ2v) is 6.91. The predicted molar refractivity (Wildman–Crippen MR) is 78.6 cm³/mol. The number of benzene rings is 1. The van der Waals surface area contributed by atoms with Gasteiger partial charge < -0.3 is 5.11 Å². The molecule has 0 radical (unpaired) electrons. The van der Waals surface area contributed by atoms with Crippen molar-refractivity contribution in [1.82, 2.24) is 4.90 Å². The topological polar surface area (TPSA) is 57.6 Å². The van der Waals surface area contributed by atoms with Gasteiger partial charge in [-0.2, -0.15) is 0 Å². The van der Waals surface area contributed by atoms with Crippen molar-refractivity contribution in [3.63, 3.8) is 0 Å². The van der Waals surface area contributed by atoms with Crippen LogP contribution >= 0.6 is 0 Å². The van der Waals surface area contributed by atoms with E-state index in [-0.39, 0.29) is 36.8 Å². The molecule has 2 unspecified atom stereocenters. The molecule has 1 aromatic carbocycles. The third kappa shape index (κ3) is 2.27. The number of likely N-dealkylation sites (tertiary alicyclic amines) is 1. The minimum atomic E-state index is -0.460. The predicted octanol–water partition coefficient (Wildman–Crippen LogP) is 1.72. The summed E-state index contributed by atoms with van der Waals surface area (Å²) in [5, 5.41) is 9.39. The van der Waals surface area contributed by atoms with Crippen LogP contribution in [0, 0.1) is 11.3 Å². The Balaban J connectivity index is 1.94. The standard InChI is InChI=1S/C17H21NO3/c1-17(2,10-19)9-18-15(20)13-8-7-11-5-3-4-6-12(11)14(13)16(18)21/h3-6,13-14,19H,7-10H2,1-2H3. The lowest BCUT2D eigenvalue weighted by Crippen LogP contribution is -2.40. The van der Waals surface area contributed by atoms with Crippen LogP contribution in [0.4, 0.5) is 0 Å². The summed E-state index contributed by atoms with van der Waals surface area (Å²) in [4.78, 5) is 26.7. The van der Waals surface area contributed by atoms with Crippen LogP contribution < -0.4 is 0 Å². The summed E-state index contributed by atoms with van der Waals surface area (Å²) in [6, 6.07) is 7.92. The Labute approximate surface area is 124 Å². The van der Waals surface area contributed by atoms with Gasteiger partial charge in [-0.3, -0.25) is 14.5 Å². The van der Waals surface area contributed by atoms with E-state index in [4.69, 9.17) is 0 Å². The highest BCUT2D eigenvalue weighted by atomic mass is 16.3. The zero-order chi connectivity index (χ0) is 15.2. The Morgan fingerprint density at radius 1 is 1.24 bits per heavy atom. The Bertz CT molecular complexity index is 593. The van der Waals surface area contributed by atoms with Crippen LogP contribution in [0.25, 0.3) is 0 Å². The summed E-state index contributed by atoms with van der Waals surface area (Å²) in [5.41, 5.74) is 1.73. The summed E-state index contributed by atoms with van der Waals surface area (Å²) in [5.74, 6) is -0.710. The number of nitrogens with zero attached hydrogens (tertiary/aromatic N) is 1. The molecule has 0 saturated carbocycles. The first kappa shape index (κ1) is 14.3. The highest BCUT2D eigenvalue weighted by Crippen LogP contribution is 2.43. The Hall–Kier alpha value is -1.68. The lowest BCUT2D eigenvalue weighted by Gasteiger charge is -2.27. The van der Waals surface area contributed by atoms with Gasteiger partial charge in [-0.05, 0) is 24.0 Å². The minimum Gasteiger partial charge on any atom is -0.396 e. The second-order valence-electron chi connectivity index (χ2n) is 6.91. The van der Waals surface area contributed by atoms with E-state index in [9.17, 15) is 14.7 Å². The molecule has 1 aliphatic carbocycles. The zero-order valence-electron chi connectivity index (χ0n) is 12.5. The lowest BCUT2D eigenvalue weighted by molar-refractivity contribution is -0.141. The van der Waals surface area contributed by atoms with Crippen LogP contribution in [0.1, 0.15) is 37.3 Å². The minimum absolute atomic E-state index is 0.0457. The molecule has 1 aromatic rings. The van der Waals surface area contributed by atoms with Crippen LogP contribution in [-0.4, -0.2) is 35.0 Å². The molecule has 1 fully saturated rings. The highest BCUT2D eigenvalue weighted by molar-refractivity contribution is 6.08. The van der Waals surface area contributed by atoms with Crippen molar-refractivity contribution in [3.05, 3.63) is 35.4 Å². The quantitative estimate of drug-likeness (QED) is 0.861. The number of hydrogen-bond acceptors (Lipinski definition) is 3. The van der Waals surface area contributed by atoms with Crippen molar-refractivity contribution >= 4 is 11.8 Å². The largest absolute Gasteiger partial charge is 0.396 e. The van der Waals surface area contributed by atoms with Crippen LogP contribution in [0.5, 0.6) is 0 Å². The third-order valence-electron chi connectivity index (χ3n) is 4.65. The van der Waals surface area contributed by atoms with Gasteiger partial charge in [0, 0.05) is 18.6 Å². The molecular formula is C17H21NO3. The number of carbonyl (C=O) groups excluding carboxylic acids is 2. The van der Waals surface area contributed by atoms with Crippen molar-refractivity contribution in [2.24, 2.45) is 11.3 Å². The van der Waals surface area contributed by atoms with E-state index in [1.807, 2.05) is 38.1 Å². The van der Waals surface area contributed by atoms with Crippen molar-refractivity contribution in [2.75, 3.05) is 13.2 Å². The van der Waals surface area contributed by atoms with Gasteiger partial charge in [0.05, 0.1) is 11.8 Å². The lowest BCUT2D eigenvalue weighted by atomic mass is 9.76. The van der Waals surface area contributed by atoms with Gasteiger partial charge in [0.15, 0.2) is 0 Å². The van der Waals surface area contributed by atoms with E-state index in [2.05, 4.69) is 0 Å². The maximum absolute atomic E-state index is 12.7.